The molecule has 84 valence electrons. The smallest absolute Gasteiger partial charge is 0.162 e. The van der Waals surface area contributed by atoms with Gasteiger partial charge >= 0.3 is 0 Å². The summed E-state index contributed by atoms with van der Waals surface area (Å²) in [5.74, 6) is 1.83. The maximum absolute atomic E-state index is 9.78. The van der Waals surface area contributed by atoms with Crippen molar-refractivity contribution >= 4 is 11.8 Å². The fraction of sp³-hybridized carbons (Fsp3) is 0.455. The molecule has 1 aromatic carbocycles. The Labute approximate surface area is 94.8 Å². The van der Waals surface area contributed by atoms with Gasteiger partial charge in [-0.25, -0.2) is 0 Å². The molecule has 1 rings (SSSR count). The first kappa shape index (κ1) is 12.2. The van der Waals surface area contributed by atoms with E-state index >= 15 is 0 Å². The fourth-order valence-corrected chi connectivity index (χ4v) is 1.62. The van der Waals surface area contributed by atoms with E-state index in [1.54, 1.807) is 24.9 Å². The lowest BCUT2D eigenvalue weighted by Gasteiger charge is -2.09. The quantitative estimate of drug-likeness (QED) is 0.728. The highest BCUT2D eigenvalue weighted by atomic mass is 32.2. The minimum atomic E-state index is 0.233. The highest BCUT2D eigenvalue weighted by Crippen LogP contribution is 2.28. The number of rotatable bonds is 6. The number of nitrogens with one attached hydrogen (secondary N) is 1. The largest absolute Gasteiger partial charge is 0.504 e. The molecule has 3 nitrogen and oxygen atoms in total. The predicted molar refractivity (Wildman–Crippen MR) is 64.7 cm³/mol. The molecule has 0 radical (unpaired) electrons. The first-order chi connectivity index (χ1) is 7.29. The summed E-state index contributed by atoms with van der Waals surface area (Å²) in [7, 11) is 1.56. The topological polar surface area (TPSA) is 41.5 Å². The molecule has 0 heterocycles. The van der Waals surface area contributed by atoms with E-state index < -0.39 is 0 Å². The van der Waals surface area contributed by atoms with Gasteiger partial charge in [0, 0.05) is 24.4 Å². The van der Waals surface area contributed by atoms with E-state index in [0.29, 0.717) is 12.3 Å². The monoisotopic (exact) mass is 227 g/mol. The van der Waals surface area contributed by atoms with Crippen LogP contribution in [0.25, 0.3) is 0 Å². The minimum absolute atomic E-state index is 0.233. The van der Waals surface area contributed by atoms with Crippen LogP contribution in [-0.2, 0) is 6.54 Å². The number of aromatic hydroxyl groups is 1. The van der Waals surface area contributed by atoms with Crippen LogP contribution < -0.4 is 10.1 Å². The van der Waals surface area contributed by atoms with E-state index in [-0.39, 0.29) is 5.75 Å². The second-order valence-electron chi connectivity index (χ2n) is 3.14. The molecule has 0 fully saturated rings. The fourth-order valence-electron chi connectivity index (χ4n) is 1.27. The predicted octanol–water partition coefficient (Wildman–Crippen LogP) is 1.85. The van der Waals surface area contributed by atoms with Gasteiger partial charge in [0.15, 0.2) is 11.5 Å². The molecule has 0 spiro atoms. The highest BCUT2D eigenvalue weighted by Gasteiger charge is 2.05. The van der Waals surface area contributed by atoms with Crippen molar-refractivity contribution in [1.82, 2.24) is 5.32 Å². The van der Waals surface area contributed by atoms with Crippen molar-refractivity contribution in [3.05, 3.63) is 23.8 Å². The molecule has 0 atom stereocenters. The molecule has 0 aliphatic heterocycles. The molecule has 4 heteroatoms. The molecule has 0 unspecified atom stereocenters. The summed E-state index contributed by atoms with van der Waals surface area (Å²) in [6.07, 6.45) is 2.07. The molecule has 0 aliphatic rings. The molecular weight excluding hydrogens is 210 g/mol. The van der Waals surface area contributed by atoms with Crippen molar-refractivity contribution in [2.24, 2.45) is 0 Å². The standard InChI is InChI=1S/C11H17NO2S/c1-14-10-5-3-4-9(11(10)13)8-12-6-7-15-2/h3-5,12-13H,6-8H2,1-2H3. The highest BCUT2D eigenvalue weighted by molar-refractivity contribution is 7.98. The lowest BCUT2D eigenvalue weighted by Crippen LogP contribution is -2.16. The molecule has 0 aromatic heterocycles. The third kappa shape index (κ3) is 3.64. The second kappa shape index (κ2) is 6.58. The number of hydrogen-bond acceptors (Lipinski definition) is 4. The average molecular weight is 227 g/mol. The van der Waals surface area contributed by atoms with E-state index in [0.717, 1.165) is 17.9 Å². The van der Waals surface area contributed by atoms with Gasteiger partial charge in [0.2, 0.25) is 0 Å². The summed E-state index contributed by atoms with van der Waals surface area (Å²) < 4.78 is 5.03. The molecule has 1 aromatic rings. The van der Waals surface area contributed by atoms with Gasteiger partial charge in [-0.1, -0.05) is 12.1 Å². The third-order valence-electron chi connectivity index (χ3n) is 2.10. The lowest BCUT2D eigenvalue weighted by molar-refractivity contribution is 0.370. The van der Waals surface area contributed by atoms with Crippen molar-refractivity contribution in [3.8, 4) is 11.5 Å². The van der Waals surface area contributed by atoms with E-state index in [4.69, 9.17) is 4.74 Å². The molecule has 0 aliphatic carbocycles. The summed E-state index contributed by atoms with van der Waals surface area (Å²) in [5, 5.41) is 13.0. The van der Waals surface area contributed by atoms with Gasteiger partial charge in [-0.2, -0.15) is 11.8 Å². The number of phenols is 1. The minimum Gasteiger partial charge on any atom is -0.504 e. The van der Waals surface area contributed by atoms with Crippen LogP contribution >= 0.6 is 11.8 Å². The molecule has 2 N–H and O–H groups in total. The Hall–Kier alpha value is -0.870. The summed E-state index contributed by atoms with van der Waals surface area (Å²) in [6.45, 7) is 1.61. The van der Waals surface area contributed by atoms with Crippen molar-refractivity contribution in [1.29, 1.82) is 0 Å². The first-order valence-electron chi connectivity index (χ1n) is 4.84. The Morgan fingerprint density at radius 1 is 1.47 bits per heavy atom. The molecule has 0 amide bonds. The number of para-hydroxylation sites is 1. The SMILES string of the molecule is COc1cccc(CNCCSC)c1O. The van der Waals surface area contributed by atoms with Crippen molar-refractivity contribution in [2.45, 2.75) is 6.54 Å². The third-order valence-corrected chi connectivity index (χ3v) is 2.71. The number of benzene rings is 1. The van der Waals surface area contributed by atoms with Crippen LogP contribution in [0.2, 0.25) is 0 Å². The number of ether oxygens (including phenoxy) is 1. The number of hydrogen-bond donors (Lipinski definition) is 2. The maximum atomic E-state index is 9.78. The van der Waals surface area contributed by atoms with Gasteiger partial charge in [0.05, 0.1) is 7.11 Å². The van der Waals surface area contributed by atoms with E-state index in [1.165, 1.54) is 0 Å². The number of phenolic OH excluding ortho intramolecular Hbond substituents is 1. The lowest BCUT2D eigenvalue weighted by atomic mass is 10.2. The van der Waals surface area contributed by atoms with Crippen molar-refractivity contribution in [2.75, 3.05) is 25.7 Å². The summed E-state index contributed by atoms with van der Waals surface area (Å²) in [4.78, 5) is 0. The Balaban J connectivity index is 2.53. The average Bonchev–Trinajstić information content (AvgIpc) is 2.26. The van der Waals surface area contributed by atoms with Crippen molar-refractivity contribution < 1.29 is 9.84 Å². The maximum Gasteiger partial charge on any atom is 0.162 e. The molecule has 0 bridgehead atoms. The Kier molecular flexibility index (Phi) is 5.36. The summed E-state index contributed by atoms with van der Waals surface area (Å²) in [6, 6.07) is 5.52. The van der Waals surface area contributed by atoms with Crippen LogP contribution in [0.5, 0.6) is 11.5 Å². The molecule has 0 saturated heterocycles. The Morgan fingerprint density at radius 2 is 2.27 bits per heavy atom. The Bertz CT molecular complexity index is 305. The normalized spacial score (nSPS) is 10.3. The molecule has 0 saturated carbocycles. The van der Waals surface area contributed by atoms with Gasteiger partial charge in [0.1, 0.15) is 0 Å². The van der Waals surface area contributed by atoms with Crippen molar-refractivity contribution in [3.63, 3.8) is 0 Å². The molecule has 15 heavy (non-hydrogen) atoms. The summed E-state index contributed by atoms with van der Waals surface area (Å²) >= 11 is 1.80. The van der Waals surface area contributed by atoms with Gasteiger partial charge in [-0.15, -0.1) is 0 Å². The number of thioether (sulfide) groups is 1. The van der Waals surface area contributed by atoms with Gasteiger partial charge < -0.3 is 15.2 Å². The summed E-state index contributed by atoms with van der Waals surface area (Å²) in [5.41, 5.74) is 0.871. The molecular formula is C11H17NO2S. The zero-order valence-corrected chi connectivity index (χ0v) is 9.93. The zero-order chi connectivity index (χ0) is 11.1. The first-order valence-corrected chi connectivity index (χ1v) is 6.23. The van der Waals surface area contributed by atoms with Gasteiger partial charge in [0.25, 0.3) is 0 Å². The van der Waals surface area contributed by atoms with Crippen LogP contribution in [0.4, 0.5) is 0 Å². The zero-order valence-electron chi connectivity index (χ0n) is 9.12. The van der Waals surface area contributed by atoms with Gasteiger partial charge in [-0.05, 0) is 12.3 Å². The Morgan fingerprint density at radius 3 is 2.93 bits per heavy atom. The van der Waals surface area contributed by atoms with E-state index in [2.05, 4.69) is 11.6 Å². The van der Waals surface area contributed by atoms with Crippen LogP contribution in [-0.4, -0.2) is 30.8 Å². The number of methoxy groups -OCH3 is 1. The van der Waals surface area contributed by atoms with E-state index in [1.807, 2.05) is 12.1 Å². The van der Waals surface area contributed by atoms with Gasteiger partial charge in [-0.3, -0.25) is 0 Å². The van der Waals surface area contributed by atoms with Crippen LogP contribution in [0.15, 0.2) is 18.2 Å². The van der Waals surface area contributed by atoms with Crippen LogP contribution in [0.3, 0.4) is 0 Å². The van der Waals surface area contributed by atoms with E-state index in [9.17, 15) is 5.11 Å². The van der Waals surface area contributed by atoms with Crippen LogP contribution in [0, 0.1) is 0 Å². The van der Waals surface area contributed by atoms with Crippen LogP contribution in [0.1, 0.15) is 5.56 Å². The second-order valence-corrected chi connectivity index (χ2v) is 4.12.